The van der Waals surface area contributed by atoms with Crippen LogP contribution in [0, 0.1) is 17.1 Å². The van der Waals surface area contributed by atoms with Crippen LogP contribution in [0.2, 0.25) is 0 Å². The van der Waals surface area contributed by atoms with Gasteiger partial charge in [-0.1, -0.05) is 6.42 Å². The molecule has 0 radical (unpaired) electrons. The van der Waals surface area contributed by atoms with E-state index in [1.54, 1.807) is 6.07 Å². The summed E-state index contributed by atoms with van der Waals surface area (Å²) < 4.78 is 41.9. The van der Waals surface area contributed by atoms with E-state index >= 15 is 0 Å². The zero-order valence-electron chi connectivity index (χ0n) is 11.1. The van der Waals surface area contributed by atoms with Crippen LogP contribution in [0.4, 0.5) is 10.1 Å². The van der Waals surface area contributed by atoms with Gasteiger partial charge in [0, 0.05) is 12.6 Å². The molecule has 0 bridgehead atoms. The fourth-order valence-electron chi connectivity index (χ4n) is 2.29. The third-order valence-corrected chi connectivity index (χ3v) is 5.03. The average Bonchev–Trinajstić information content (AvgIpc) is 2.41. The van der Waals surface area contributed by atoms with Gasteiger partial charge in [0.2, 0.25) is 0 Å². The monoisotopic (exact) mass is 297 g/mol. The Kier molecular flexibility index (Phi) is 4.26. The van der Waals surface area contributed by atoms with E-state index in [2.05, 4.69) is 4.72 Å². The number of rotatable bonds is 3. The Morgan fingerprint density at radius 3 is 2.80 bits per heavy atom. The molecule has 7 heteroatoms. The summed E-state index contributed by atoms with van der Waals surface area (Å²) in [4.78, 5) is 0. The van der Waals surface area contributed by atoms with Gasteiger partial charge in [-0.25, -0.2) is 4.39 Å². The molecule has 1 unspecified atom stereocenters. The third kappa shape index (κ3) is 3.08. The molecule has 5 nitrogen and oxygen atoms in total. The van der Waals surface area contributed by atoms with Gasteiger partial charge in [-0.05, 0) is 38.0 Å². The first-order valence-corrected chi connectivity index (χ1v) is 7.87. The highest BCUT2D eigenvalue weighted by Gasteiger charge is 2.29. The van der Waals surface area contributed by atoms with E-state index in [1.807, 2.05) is 6.92 Å². The first kappa shape index (κ1) is 14.8. The maximum absolute atomic E-state index is 13.7. The van der Waals surface area contributed by atoms with Gasteiger partial charge in [0.15, 0.2) is 0 Å². The first-order chi connectivity index (χ1) is 9.44. The smallest absolute Gasteiger partial charge is 0.268 e. The molecule has 0 aromatic heterocycles. The van der Waals surface area contributed by atoms with E-state index in [1.165, 1.54) is 16.4 Å². The highest BCUT2D eigenvalue weighted by Crippen LogP contribution is 2.23. The second-order valence-electron chi connectivity index (χ2n) is 4.87. The van der Waals surface area contributed by atoms with Crippen LogP contribution in [0.5, 0.6) is 0 Å². The lowest BCUT2D eigenvalue weighted by atomic mass is 10.1. The van der Waals surface area contributed by atoms with Gasteiger partial charge in [0.05, 0.1) is 17.3 Å². The summed E-state index contributed by atoms with van der Waals surface area (Å²) in [6, 6.07) is 5.36. The number of hydrogen-bond acceptors (Lipinski definition) is 3. The van der Waals surface area contributed by atoms with Crippen LogP contribution >= 0.6 is 0 Å². The minimum Gasteiger partial charge on any atom is -0.268 e. The maximum atomic E-state index is 13.7. The average molecular weight is 297 g/mol. The van der Waals surface area contributed by atoms with Gasteiger partial charge in [-0.2, -0.15) is 18.0 Å². The Morgan fingerprint density at radius 2 is 2.20 bits per heavy atom. The van der Waals surface area contributed by atoms with Crippen LogP contribution in [0.3, 0.4) is 0 Å². The normalized spacial score (nSPS) is 20.4. The Balaban J connectivity index is 2.22. The Bertz CT molecular complexity index is 640. The molecule has 1 aliphatic rings. The molecule has 1 saturated heterocycles. The molecule has 1 atom stereocenters. The van der Waals surface area contributed by atoms with Crippen LogP contribution < -0.4 is 4.72 Å². The molecule has 0 amide bonds. The molecule has 20 heavy (non-hydrogen) atoms. The lowest BCUT2D eigenvalue weighted by Gasteiger charge is -2.32. The lowest BCUT2D eigenvalue weighted by molar-refractivity contribution is 0.270. The quantitative estimate of drug-likeness (QED) is 0.929. The van der Waals surface area contributed by atoms with Crippen molar-refractivity contribution in [3.05, 3.63) is 29.6 Å². The lowest BCUT2D eigenvalue weighted by Crippen LogP contribution is -2.44. The van der Waals surface area contributed by atoms with Gasteiger partial charge < -0.3 is 0 Å². The van der Waals surface area contributed by atoms with Crippen LogP contribution in [-0.4, -0.2) is 25.3 Å². The Hall–Kier alpha value is -1.65. The van der Waals surface area contributed by atoms with Gasteiger partial charge in [-0.3, -0.25) is 4.72 Å². The minimum absolute atomic E-state index is 0.0947. The van der Waals surface area contributed by atoms with Crippen molar-refractivity contribution in [3.63, 3.8) is 0 Å². The Labute approximate surface area is 118 Å². The summed E-state index contributed by atoms with van der Waals surface area (Å²) in [5.41, 5.74) is 0.0126. The maximum Gasteiger partial charge on any atom is 0.301 e. The number of nitriles is 1. The topological polar surface area (TPSA) is 73.2 Å². The second kappa shape index (κ2) is 5.77. The van der Waals surface area contributed by atoms with E-state index in [0.29, 0.717) is 6.54 Å². The van der Waals surface area contributed by atoms with Gasteiger partial charge >= 0.3 is 10.2 Å². The standard InChI is InChI=1S/C13H16FN3O2S/c1-10-4-2-3-7-17(10)20(18,19)16-13-6-5-11(9-15)8-12(13)14/h5-6,8,10,16H,2-4,7H2,1H3. The molecule has 0 spiro atoms. The van der Waals surface area contributed by atoms with Gasteiger partial charge in [0.1, 0.15) is 5.82 Å². The summed E-state index contributed by atoms with van der Waals surface area (Å²) in [5, 5.41) is 8.66. The number of halogens is 1. The minimum atomic E-state index is -3.77. The molecule has 0 saturated carbocycles. The van der Waals surface area contributed by atoms with E-state index in [-0.39, 0.29) is 17.3 Å². The molecule has 2 rings (SSSR count). The Morgan fingerprint density at radius 1 is 1.45 bits per heavy atom. The fraction of sp³-hybridized carbons (Fsp3) is 0.462. The number of nitrogens with zero attached hydrogens (tertiary/aromatic N) is 2. The number of hydrogen-bond donors (Lipinski definition) is 1. The highest BCUT2D eigenvalue weighted by molar-refractivity contribution is 7.90. The van der Waals surface area contributed by atoms with E-state index in [9.17, 15) is 12.8 Å². The molecule has 1 aromatic rings. The van der Waals surface area contributed by atoms with Gasteiger partial charge in [0.25, 0.3) is 0 Å². The summed E-state index contributed by atoms with van der Waals surface area (Å²) in [6.45, 7) is 2.28. The fourth-order valence-corrected chi connectivity index (χ4v) is 3.80. The predicted octanol–water partition coefficient (Wildman–Crippen LogP) is 2.23. The van der Waals surface area contributed by atoms with Crippen LogP contribution in [0.1, 0.15) is 31.7 Å². The predicted molar refractivity (Wildman–Crippen MR) is 73.7 cm³/mol. The first-order valence-electron chi connectivity index (χ1n) is 6.43. The molecular weight excluding hydrogens is 281 g/mol. The van der Waals surface area contributed by atoms with E-state index < -0.39 is 16.0 Å². The van der Waals surface area contributed by atoms with Crippen LogP contribution in [-0.2, 0) is 10.2 Å². The van der Waals surface area contributed by atoms with Crippen molar-refractivity contribution < 1.29 is 12.8 Å². The number of anilines is 1. The molecule has 1 aromatic carbocycles. The number of piperidine rings is 1. The number of benzene rings is 1. The van der Waals surface area contributed by atoms with Crippen molar-refractivity contribution in [3.8, 4) is 6.07 Å². The highest BCUT2D eigenvalue weighted by atomic mass is 32.2. The molecular formula is C13H16FN3O2S. The summed E-state index contributed by atoms with van der Waals surface area (Å²) >= 11 is 0. The molecule has 1 aliphatic heterocycles. The van der Waals surface area contributed by atoms with Crippen molar-refractivity contribution >= 4 is 15.9 Å². The van der Waals surface area contributed by atoms with Crippen molar-refractivity contribution in [2.45, 2.75) is 32.2 Å². The molecule has 1 heterocycles. The van der Waals surface area contributed by atoms with Gasteiger partial charge in [-0.15, -0.1) is 0 Å². The van der Waals surface area contributed by atoms with Crippen LogP contribution in [0.15, 0.2) is 18.2 Å². The SMILES string of the molecule is CC1CCCCN1S(=O)(=O)Nc1ccc(C#N)cc1F. The summed E-state index contributed by atoms with van der Waals surface area (Å²) in [7, 11) is -3.77. The van der Waals surface area contributed by atoms with E-state index in [4.69, 9.17) is 5.26 Å². The second-order valence-corrected chi connectivity index (χ2v) is 6.49. The molecule has 1 fully saturated rings. The van der Waals surface area contributed by atoms with E-state index in [0.717, 1.165) is 25.3 Å². The van der Waals surface area contributed by atoms with Crippen molar-refractivity contribution in [1.29, 1.82) is 5.26 Å². The van der Waals surface area contributed by atoms with Crippen molar-refractivity contribution in [1.82, 2.24) is 4.31 Å². The summed E-state index contributed by atoms with van der Waals surface area (Å²) in [5.74, 6) is -0.753. The molecule has 1 N–H and O–H groups in total. The zero-order valence-corrected chi connectivity index (χ0v) is 12.0. The third-order valence-electron chi connectivity index (χ3n) is 3.39. The summed E-state index contributed by atoms with van der Waals surface area (Å²) in [6.07, 6.45) is 2.61. The number of nitrogens with one attached hydrogen (secondary N) is 1. The van der Waals surface area contributed by atoms with Crippen molar-refractivity contribution in [2.24, 2.45) is 0 Å². The molecule has 108 valence electrons. The van der Waals surface area contributed by atoms with Crippen molar-refractivity contribution in [2.75, 3.05) is 11.3 Å². The largest absolute Gasteiger partial charge is 0.301 e. The zero-order chi connectivity index (χ0) is 14.8. The van der Waals surface area contributed by atoms with Crippen LogP contribution in [0.25, 0.3) is 0 Å². The molecule has 0 aliphatic carbocycles.